The molecular weight excluding hydrogens is 269 g/mol. The predicted octanol–water partition coefficient (Wildman–Crippen LogP) is 4.46. The van der Waals surface area contributed by atoms with E-state index in [4.69, 9.17) is 11.6 Å². The van der Waals surface area contributed by atoms with E-state index in [1.54, 1.807) is 23.5 Å². The summed E-state index contributed by atoms with van der Waals surface area (Å²) in [7, 11) is 0. The van der Waals surface area contributed by atoms with Crippen LogP contribution >= 0.6 is 22.9 Å². The zero-order chi connectivity index (χ0) is 12.5. The van der Waals surface area contributed by atoms with Crippen LogP contribution in [0.25, 0.3) is 10.4 Å². The first-order valence-corrected chi connectivity index (χ1v) is 7.19. The first-order valence-electron chi connectivity index (χ1n) is 6.00. The van der Waals surface area contributed by atoms with Crippen LogP contribution in [0.15, 0.2) is 30.3 Å². The van der Waals surface area contributed by atoms with E-state index in [2.05, 4.69) is 11.4 Å². The van der Waals surface area contributed by atoms with Crippen molar-refractivity contribution < 1.29 is 4.39 Å². The van der Waals surface area contributed by atoms with Gasteiger partial charge in [0, 0.05) is 32.9 Å². The fraction of sp³-hybridized carbons (Fsp3) is 0.286. The molecule has 1 N–H and O–H groups in total. The van der Waals surface area contributed by atoms with Gasteiger partial charge in [-0.05, 0) is 43.2 Å². The predicted molar refractivity (Wildman–Crippen MR) is 74.6 cm³/mol. The van der Waals surface area contributed by atoms with Crippen molar-refractivity contribution in [3.8, 4) is 10.4 Å². The number of hydrogen-bond acceptors (Lipinski definition) is 2. The lowest BCUT2D eigenvalue weighted by Crippen LogP contribution is -2.14. The Morgan fingerprint density at radius 3 is 2.89 bits per heavy atom. The van der Waals surface area contributed by atoms with Gasteiger partial charge in [-0.3, -0.25) is 0 Å². The van der Waals surface area contributed by atoms with E-state index < -0.39 is 0 Å². The largest absolute Gasteiger partial charge is 0.309 e. The van der Waals surface area contributed by atoms with Crippen LogP contribution in [0.4, 0.5) is 4.39 Å². The Balaban J connectivity index is 1.80. The second-order valence-electron chi connectivity index (χ2n) is 4.55. The van der Waals surface area contributed by atoms with Gasteiger partial charge in [-0.15, -0.1) is 11.3 Å². The number of rotatable bonds is 4. The molecule has 2 aromatic rings. The maximum atomic E-state index is 13.7. The SMILES string of the molecule is Fc1ccc(Cl)cc1-c1ccc(CNC2CC2)s1. The molecule has 0 amide bonds. The molecule has 4 heteroatoms. The van der Waals surface area contributed by atoms with Crippen LogP contribution in [0.1, 0.15) is 17.7 Å². The second kappa shape index (κ2) is 5.00. The molecule has 1 aliphatic rings. The molecule has 0 spiro atoms. The highest BCUT2D eigenvalue weighted by Crippen LogP contribution is 2.32. The van der Waals surface area contributed by atoms with Crippen LogP contribution in [0, 0.1) is 5.82 Å². The Labute approximate surface area is 115 Å². The Hall–Kier alpha value is -0.900. The zero-order valence-electron chi connectivity index (χ0n) is 9.75. The van der Waals surface area contributed by atoms with Crippen LogP contribution in [0.5, 0.6) is 0 Å². The zero-order valence-corrected chi connectivity index (χ0v) is 11.3. The minimum Gasteiger partial charge on any atom is -0.309 e. The lowest BCUT2D eigenvalue weighted by Gasteiger charge is -2.01. The van der Waals surface area contributed by atoms with Crippen LogP contribution in [-0.2, 0) is 6.54 Å². The molecule has 0 saturated heterocycles. The van der Waals surface area contributed by atoms with E-state index in [9.17, 15) is 4.39 Å². The Kier molecular flexibility index (Phi) is 3.37. The van der Waals surface area contributed by atoms with Gasteiger partial charge in [-0.25, -0.2) is 4.39 Å². The molecule has 0 radical (unpaired) electrons. The topological polar surface area (TPSA) is 12.0 Å². The lowest BCUT2D eigenvalue weighted by atomic mass is 10.2. The molecule has 18 heavy (non-hydrogen) atoms. The van der Waals surface area contributed by atoms with Gasteiger partial charge >= 0.3 is 0 Å². The third-order valence-electron chi connectivity index (χ3n) is 3.00. The summed E-state index contributed by atoms with van der Waals surface area (Å²) in [6.45, 7) is 0.873. The van der Waals surface area contributed by atoms with Gasteiger partial charge in [-0.1, -0.05) is 11.6 Å². The van der Waals surface area contributed by atoms with Crippen molar-refractivity contribution in [1.82, 2.24) is 5.32 Å². The highest BCUT2D eigenvalue weighted by molar-refractivity contribution is 7.15. The fourth-order valence-electron chi connectivity index (χ4n) is 1.84. The number of nitrogens with one attached hydrogen (secondary N) is 1. The van der Waals surface area contributed by atoms with Crippen molar-refractivity contribution in [3.05, 3.63) is 46.0 Å². The van der Waals surface area contributed by atoms with Crippen molar-refractivity contribution in [1.29, 1.82) is 0 Å². The minimum absolute atomic E-state index is 0.219. The highest BCUT2D eigenvalue weighted by Gasteiger charge is 2.20. The average Bonchev–Trinajstić information content (AvgIpc) is 3.08. The molecular formula is C14H13ClFNS. The number of thiophene rings is 1. The van der Waals surface area contributed by atoms with E-state index in [-0.39, 0.29) is 5.82 Å². The molecule has 0 unspecified atom stereocenters. The van der Waals surface area contributed by atoms with Crippen LogP contribution in [0.3, 0.4) is 0 Å². The highest BCUT2D eigenvalue weighted by atomic mass is 35.5. The molecule has 0 atom stereocenters. The van der Waals surface area contributed by atoms with E-state index in [0.29, 0.717) is 16.6 Å². The normalized spacial score (nSPS) is 15.0. The lowest BCUT2D eigenvalue weighted by molar-refractivity contribution is 0.632. The van der Waals surface area contributed by atoms with Gasteiger partial charge < -0.3 is 5.32 Å². The summed E-state index contributed by atoms with van der Waals surface area (Å²) in [4.78, 5) is 2.17. The third kappa shape index (κ3) is 2.74. The molecule has 1 nitrogen and oxygen atoms in total. The molecule has 0 bridgehead atoms. The number of hydrogen-bond donors (Lipinski definition) is 1. The second-order valence-corrected chi connectivity index (χ2v) is 6.15. The summed E-state index contributed by atoms with van der Waals surface area (Å²) in [6, 6.07) is 9.38. The van der Waals surface area contributed by atoms with Crippen molar-refractivity contribution >= 4 is 22.9 Å². The van der Waals surface area contributed by atoms with Gasteiger partial charge in [0.2, 0.25) is 0 Å². The van der Waals surface area contributed by atoms with Crippen LogP contribution < -0.4 is 5.32 Å². The Morgan fingerprint density at radius 2 is 2.11 bits per heavy atom. The van der Waals surface area contributed by atoms with Crippen molar-refractivity contribution in [2.24, 2.45) is 0 Å². The first-order chi connectivity index (χ1) is 8.72. The molecule has 94 valence electrons. The van der Waals surface area contributed by atoms with Crippen LogP contribution in [-0.4, -0.2) is 6.04 Å². The summed E-state index contributed by atoms with van der Waals surface area (Å²) in [5, 5.41) is 4.02. The summed E-state index contributed by atoms with van der Waals surface area (Å²) in [6.07, 6.45) is 2.56. The minimum atomic E-state index is -0.219. The van der Waals surface area contributed by atoms with Gasteiger partial charge in [0.1, 0.15) is 5.82 Å². The van der Waals surface area contributed by atoms with Gasteiger partial charge in [0.05, 0.1) is 0 Å². The molecule has 1 saturated carbocycles. The molecule has 1 fully saturated rings. The summed E-state index contributed by atoms with van der Waals surface area (Å²) in [5.41, 5.74) is 0.588. The Morgan fingerprint density at radius 1 is 1.28 bits per heavy atom. The molecule has 1 aromatic heterocycles. The fourth-order valence-corrected chi connectivity index (χ4v) is 2.99. The standard InChI is InChI=1S/C14H13ClFNS/c15-9-1-5-13(16)12(7-9)14-6-4-11(18-14)8-17-10-2-3-10/h1,4-7,10,17H,2-3,8H2. The quantitative estimate of drug-likeness (QED) is 0.872. The molecule has 1 heterocycles. The summed E-state index contributed by atoms with van der Waals surface area (Å²) >= 11 is 7.53. The third-order valence-corrected chi connectivity index (χ3v) is 4.35. The van der Waals surface area contributed by atoms with Crippen molar-refractivity contribution in [2.75, 3.05) is 0 Å². The van der Waals surface area contributed by atoms with E-state index >= 15 is 0 Å². The monoisotopic (exact) mass is 281 g/mol. The molecule has 3 rings (SSSR count). The maximum Gasteiger partial charge on any atom is 0.131 e. The summed E-state index contributed by atoms with van der Waals surface area (Å²) < 4.78 is 13.7. The van der Waals surface area contributed by atoms with Gasteiger partial charge in [-0.2, -0.15) is 0 Å². The summed E-state index contributed by atoms with van der Waals surface area (Å²) in [5.74, 6) is -0.219. The smallest absolute Gasteiger partial charge is 0.131 e. The number of halogens is 2. The van der Waals surface area contributed by atoms with E-state index in [1.165, 1.54) is 23.8 Å². The molecule has 0 aliphatic heterocycles. The van der Waals surface area contributed by atoms with Crippen molar-refractivity contribution in [3.63, 3.8) is 0 Å². The molecule has 1 aromatic carbocycles. The van der Waals surface area contributed by atoms with Crippen LogP contribution in [0.2, 0.25) is 5.02 Å². The first kappa shape index (κ1) is 12.2. The average molecular weight is 282 g/mol. The number of benzene rings is 1. The van der Waals surface area contributed by atoms with Crippen molar-refractivity contribution in [2.45, 2.75) is 25.4 Å². The Bertz CT molecular complexity index is 563. The van der Waals surface area contributed by atoms with Gasteiger partial charge in [0.25, 0.3) is 0 Å². The van der Waals surface area contributed by atoms with E-state index in [0.717, 1.165) is 11.4 Å². The van der Waals surface area contributed by atoms with Gasteiger partial charge in [0.15, 0.2) is 0 Å². The molecule has 1 aliphatic carbocycles. The maximum absolute atomic E-state index is 13.7. The van der Waals surface area contributed by atoms with E-state index in [1.807, 2.05) is 6.07 Å².